The molecule has 0 heterocycles. The minimum Gasteiger partial charge on any atom is -0.497 e. The Morgan fingerprint density at radius 2 is 1.73 bits per heavy atom. The molecule has 33 heavy (non-hydrogen) atoms. The van der Waals surface area contributed by atoms with Gasteiger partial charge in [-0.15, -0.1) is 0 Å². The van der Waals surface area contributed by atoms with Crippen molar-refractivity contribution in [1.29, 1.82) is 0 Å². The molecule has 174 valence electrons. The molecule has 0 aliphatic carbocycles. The van der Waals surface area contributed by atoms with Gasteiger partial charge in [-0.25, -0.2) is 8.42 Å². The molecule has 3 aromatic rings. The third-order valence-electron chi connectivity index (χ3n) is 5.00. The lowest BCUT2D eigenvalue weighted by molar-refractivity contribution is -0.120. The fraction of sp³-hybridized carbons (Fsp3) is 0.208. The van der Waals surface area contributed by atoms with E-state index in [0.29, 0.717) is 22.1 Å². The predicted molar refractivity (Wildman–Crippen MR) is 129 cm³/mol. The van der Waals surface area contributed by atoms with Crippen molar-refractivity contribution in [2.45, 2.75) is 17.9 Å². The van der Waals surface area contributed by atoms with E-state index in [2.05, 4.69) is 5.32 Å². The number of carbonyl (C=O) groups excluding carboxylic acids is 1. The van der Waals surface area contributed by atoms with Crippen LogP contribution in [-0.4, -0.2) is 35.1 Å². The summed E-state index contributed by atoms with van der Waals surface area (Å²) in [7, 11) is -0.938. The summed E-state index contributed by atoms with van der Waals surface area (Å²) < 4.78 is 38.5. The van der Waals surface area contributed by atoms with Crippen LogP contribution in [-0.2, 0) is 14.8 Å². The van der Waals surface area contributed by atoms with E-state index >= 15 is 0 Å². The fourth-order valence-corrected chi connectivity index (χ4v) is 4.96. The van der Waals surface area contributed by atoms with Gasteiger partial charge in [0.15, 0.2) is 0 Å². The summed E-state index contributed by atoms with van der Waals surface area (Å²) in [5.74, 6) is 0.693. The molecule has 0 aliphatic heterocycles. The topological polar surface area (TPSA) is 84.9 Å². The first-order chi connectivity index (χ1) is 15.8. The minimum absolute atomic E-state index is 0.0697. The fourth-order valence-electron chi connectivity index (χ4n) is 3.34. The number of amides is 1. The second-order valence-electron chi connectivity index (χ2n) is 7.20. The van der Waals surface area contributed by atoms with Gasteiger partial charge >= 0.3 is 0 Å². The van der Waals surface area contributed by atoms with Crippen LogP contribution in [0.2, 0.25) is 5.02 Å². The number of hydrogen-bond acceptors (Lipinski definition) is 5. The Hall–Kier alpha value is -3.23. The number of halogens is 1. The molecule has 1 unspecified atom stereocenters. The van der Waals surface area contributed by atoms with Crippen molar-refractivity contribution in [3.8, 4) is 11.5 Å². The van der Waals surface area contributed by atoms with E-state index < -0.39 is 28.5 Å². The second kappa shape index (κ2) is 10.6. The van der Waals surface area contributed by atoms with Gasteiger partial charge in [-0.1, -0.05) is 35.9 Å². The third kappa shape index (κ3) is 5.77. The van der Waals surface area contributed by atoms with Crippen LogP contribution < -0.4 is 19.1 Å². The van der Waals surface area contributed by atoms with E-state index in [4.69, 9.17) is 21.1 Å². The number of sulfonamides is 1. The lowest BCUT2D eigenvalue weighted by Gasteiger charge is -2.25. The lowest BCUT2D eigenvalue weighted by atomic mass is 10.1. The number of anilines is 1. The molecule has 0 aromatic heterocycles. The van der Waals surface area contributed by atoms with Crippen LogP contribution in [0.1, 0.15) is 18.5 Å². The average molecular weight is 489 g/mol. The highest BCUT2D eigenvalue weighted by Crippen LogP contribution is 2.30. The Kier molecular flexibility index (Phi) is 7.84. The summed E-state index contributed by atoms with van der Waals surface area (Å²) in [4.78, 5) is 13.1. The van der Waals surface area contributed by atoms with Crippen LogP contribution in [0, 0.1) is 0 Å². The Labute approximate surface area is 198 Å². The van der Waals surface area contributed by atoms with Crippen LogP contribution >= 0.6 is 11.6 Å². The molecular weight excluding hydrogens is 464 g/mol. The third-order valence-corrected chi connectivity index (χ3v) is 7.02. The van der Waals surface area contributed by atoms with Gasteiger partial charge in [-0.2, -0.15) is 0 Å². The van der Waals surface area contributed by atoms with Crippen molar-refractivity contribution < 1.29 is 22.7 Å². The first-order valence-electron chi connectivity index (χ1n) is 10.1. The van der Waals surface area contributed by atoms with E-state index in [1.54, 1.807) is 68.6 Å². The van der Waals surface area contributed by atoms with Gasteiger partial charge in [0.2, 0.25) is 5.91 Å². The maximum atomic E-state index is 13.4. The number of ether oxygens (including phenoxy) is 2. The monoisotopic (exact) mass is 488 g/mol. The maximum Gasteiger partial charge on any atom is 0.264 e. The summed E-state index contributed by atoms with van der Waals surface area (Å²) in [5, 5.41) is 3.20. The molecule has 3 aromatic carbocycles. The number of carbonyl (C=O) groups is 1. The van der Waals surface area contributed by atoms with Crippen molar-refractivity contribution in [3.05, 3.63) is 83.4 Å². The van der Waals surface area contributed by atoms with Gasteiger partial charge < -0.3 is 14.8 Å². The standard InChI is InChI=1S/C24H25ClN2O5S/c1-17(22-15-20(31-2)12-13-23(22)32-3)26-24(28)16-27(19-9-7-8-18(25)14-19)33(29,30)21-10-5-4-6-11-21/h4-15,17H,16H2,1-3H3,(H,26,28). The minimum atomic E-state index is -4.02. The number of nitrogens with one attached hydrogen (secondary N) is 1. The second-order valence-corrected chi connectivity index (χ2v) is 9.50. The van der Waals surface area contributed by atoms with Crippen molar-refractivity contribution in [2.24, 2.45) is 0 Å². The molecule has 1 N–H and O–H groups in total. The molecule has 7 nitrogen and oxygen atoms in total. The molecule has 0 radical (unpaired) electrons. The van der Waals surface area contributed by atoms with E-state index in [0.717, 1.165) is 4.31 Å². The number of methoxy groups -OCH3 is 2. The van der Waals surface area contributed by atoms with Gasteiger partial charge in [0.25, 0.3) is 10.0 Å². The Bertz CT molecular complexity index is 1220. The molecule has 0 saturated heterocycles. The SMILES string of the molecule is COc1ccc(OC)c(C(C)NC(=O)CN(c2cccc(Cl)c2)S(=O)(=O)c2ccccc2)c1. The first-order valence-corrected chi connectivity index (χ1v) is 11.9. The Morgan fingerprint density at radius 3 is 2.36 bits per heavy atom. The quantitative estimate of drug-likeness (QED) is 0.481. The van der Waals surface area contributed by atoms with Crippen LogP contribution in [0.25, 0.3) is 0 Å². The molecule has 0 bridgehead atoms. The Balaban J connectivity index is 1.90. The molecule has 0 fully saturated rings. The zero-order chi connectivity index (χ0) is 24.0. The van der Waals surface area contributed by atoms with Gasteiger partial charge in [0, 0.05) is 10.6 Å². The largest absolute Gasteiger partial charge is 0.497 e. The van der Waals surface area contributed by atoms with Crippen LogP contribution in [0.5, 0.6) is 11.5 Å². The van der Waals surface area contributed by atoms with Crippen LogP contribution in [0.3, 0.4) is 0 Å². The van der Waals surface area contributed by atoms with E-state index in [1.165, 1.54) is 25.3 Å². The summed E-state index contributed by atoms with van der Waals surface area (Å²) in [6.45, 7) is 1.35. The Morgan fingerprint density at radius 1 is 1.00 bits per heavy atom. The number of rotatable bonds is 9. The normalized spacial score (nSPS) is 12.0. The van der Waals surface area contributed by atoms with Crippen molar-refractivity contribution >= 4 is 33.2 Å². The van der Waals surface area contributed by atoms with Crippen molar-refractivity contribution in [3.63, 3.8) is 0 Å². The number of benzene rings is 3. The molecule has 0 aliphatic rings. The first kappa shape index (κ1) is 24.4. The zero-order valence-electron chi connectivity index (χ0n) is 18.5. The molecule has 1 amide bonds. The molecule has 9 heteroatoms. The highest BCUT2D eigenvalue weighted by Gasteiger charge is 2.28. The van der Waals surface area contributed by atoms with Gasteiger partial charge in [0.1, 0.15) is 18.0 Å². The highest BCUT2D eigenvalue weighted by atomic mass is 35.5. The van der Waals surface area contributed by atoms with Gasteiger partial charge in [-0.3, -0.25) is 9.10 Å². The molecule has 0 saturated carbocycles. The summed E-state index contributed by atoms with van der Waals surface area (Å²) >= 11 is 6.10. The average Bonchev–Trinajstić information content (AvgIpc) is 2.82. The van der Waals surface area contributed by atoms with Gasteiger partial charge in [0.05, 0.1) is 30.8 Å². The lowest BCUT2D eigenvalue weighted by Crippen LogP contribution is -2.41. The molecule has 1 atom stereocenters. The molecular formula is C24H25ClN2O5S. The van der Waals surface area contributed by atoms with E-state index in [-0.39, 0.29) is 10.6 Å². The van der Waals surface area contributed by atoms with Crippen LogP contribution in [0.15, 0.2) is 77.7 Å². The number of hydrogen-bond donors (Lipinski definition) is 1. The smallest absolute Gasteiger partial charge is 0.264 e. The van der Waals surface area contributed by atoms with Crippen LogP contribution in [0.4, 0.5) is 5.69 Å². The van der Waals surface area contributed by atoms with Crippen molar-refractivity contribution in [2.75, 3.05) is 25.1 Å². The van der Waals surface area contributed by atoms with Crippen molar-refractivity contribution in [1.82, 2.24) is 5.32 Å². The summed E-state index contributed by atoms with van der Waals surface area (Å²) in [6.07, 6.45) is 0. The molecule has 0 spiro atoms. The predicted octanol–water partition coefficient (Wildman–Crippen LogP) is 4.43. The summed E-state index contributed by atoms with van der Waals surface area (Å²) in [5.41, 5.74) is 0.985. The van der Waals surface area contributed by atoms with E-state index in [9.17, 15) is 13.2 Å². The summed E-state index contributed by atoms with van der Waals surface area (Å²) in [6, 6.07) is 19.1. The van der Waals surface area contributed by atoms with E-state index in [1.807, 2.05) is 0 Å². The number of nitrogens with zero attached hydrogens (tertiary/aromatic N) is 1. The zero-order valence-corrected chi connectivity index (χ0v) is 20.1. The highest BCUT2D eigenvalue weighted by molar-refractivity contribution is 7.92. The molecule has 3 rings (SSSR count). The maximum absolute atomic E-state index is 13.4. The van der Waals surface area contributed by atoms with Gasteiger partial charge in [-0.05, 0) is 55.5 Å².